The van der Waals surface area contributed by atoms with E-state index in [4.69, 9.17) is 9.72 Å². The van der Waals surface area contributed by atoms with Crippen molar-refractivity contribution in [1.82, 2.24) is 20.3 Å². The molecule has 5 rings (SSSR count). The number of hydrogen-bond donors (Lipinski definition) is 1. The lowest BCUT2D eigenvalue weighted by molar-refractivity contribution is -0.143. The first-order valence-corrected chi connectivity index (χ1v) is 12.8. The van der Waals surface area contributed by atoms with Gasteiger partial charge in [-0.25, -0.2) is 4.98 Å². The fraction of sp³-hybridized carbons (Fsp3) is 0.156. The number of hydrogen-bond acceptors (Lipinski definition) is 6. The monoisotopic (exact) mass is 516 g/mol. The minimum atomic E-state index is -0.721. The van der Waals surface area contributed by atoms with Gasteiger partial charge in [-0.2, -0.15) is 0 Å². The van der Waals surface area contributed by atoms with Crippen LogP contribution in [0, 0.1) is 0 Å². The number of carbonyl (C=O) groups excluding carboxylic acids is 2. The second-order valence-corrected chi connectivity index (χ2v) is 9.09. The minimum absolute atomic E-state index is 0.0704. The summed E-state index contributed by atoms with van der Waals surface area (Å²) in [5, 5.41) is 3.60. The molecule has 0 aliphatic rings. The molecule has 1 unspecified atom stereocenters. The Labute approximate surface area is 226 Å². The summed E-state index contributed by atoms with van der Waals surface area (Å²) in [5.41, 5.74) is 6.73. The molecule has 0 saturated heterocycles. The largest absolute Gasteiger partial charge is 0.465 e. The lowest BCUT2D eigenvalue weighted by Crippen LogP contribution is -2.19. The standard InChI is InChI=1S/C32H28N4O3/c1-3-39-32(38)29(24-13-16-33-17-14-24)31-27-19-26(23-7-5-4-6-8-23)30(36-28(27)15-18-34-31)25-11-9-22(10-12-25)20-35-21(2)37/h4-19,29H,3,20H2,1-2H3,(H,35,37). The van der Waals surface area contributed by atoms with Crippen molar-refractivity contribution >= 4 is 22.8 Å². The molecule has 39 heavy (non-hydrogen) atoms. The van der Waals surface area contributed by atoms with Crippen molar-refractivity contribution < 1.29 is 14.3 Å². The third-order valence-electron chi connectivity index (χ3n) is 6.46. The number of benzene rings is 2. The van der Waals surface area contributed by atoms with Crippen LogP contribution in [-0.4, -0.2) is 33.4 Å². The lowest BCUT2D eigenvalue weighted by Gasteiger charge is -2.19. The molecule has 0 saturated carbocycles. The second-order valence-electron chi connectivity index (χ2n) is 9.09. The van der Waals surface area contributed by atoms with Crippen LogP contribution in [0.2, 0.25) is 0 Å². The molecule has 0 fully saturated rings. The normalized spacial score (nSPS) is 11.6. The number of nitrogens with one attached hydrogen (secondary N) is 1. The molecule has 0 bridgehead atoms. The van der Waals surface area contributed by atoms with E-state index in [1.807, 2.05) is 72.8 Å². The topological polar surface area (TPSA) is 94.1 Å². The van der Waals surface area contributed by atoms with Crippen LogP contribution >= 0.6 is 0 Å². The van der Waals surface area contributed by atoms with Gasteiger partial charge in [0.1, 0.15) is 5.92 Å². The average molecular weight is 517 g/mol. The predicted molar refractivity (Wildman–Crippen MR) is 151 cm³/mol. The van der Waals surface area contributed by atoms with E-state index in [0.29, 0.717) is 12.2 Å². The summed E-state index contributed by atoms with van der Waals surface area (Å²) in [6.07, 6.45) is 5.00. The first-order valence-electron chi connectivity index (χ1n) is 12.8. The Kier molecular flexibility index (Phi) is 7.68. The molecule has 194 valence electrons. The van der Waals surface area contributed by atoms with Gasteiger partial charge in [0.2, 0.25) is 5.91 Å². The summed E-state index contributed by atoms with van der Waals surface area (Å²) in [7, 11) is 0. The summed E-state index contributed by atoms with van der Waals surface area (Å²) in [6.45, 7) is 4.02. The number of ether oxygens (including phenoxy) is 1. The summed E-state index contributed by atoms with van der Waals surface area (Å²) in [6, 6.07) is 25.6. The van der Waals surface area contributed by atoms with Gasteiger partial charge in [-0.05, 0) is 47.9 Å². The molecule has 0 radical (unpaired) electrons. The number of aromatic nitrogens is 3. The molecular weight excluding hydrogens is 488 g/mol. The average Bonchev–Trinajstić information content (AvgIpc) is 2.97. The molecule has 1 amide bonds. The molecule has 3 heterocycles. The van der Waals surface area contributed by atoms with E-state index >= 15 is 0 Å². The van der Waals surface area contributed by atoms with Crippen LogP contribution in [0.25, 0.3) is 33.3 Å². The summed E-state index contributed by atoms with van der Waals surface area (Å²) < 4.78 is 5.47. The van der Waals surface area contributed by atoms with Gasteiger partial charge in [0.25, 0.3) is 0 Å². The summed E-state index contributed by atoms with van der Waals surface area (Å²) >= 11 is 0. The fourth-order valence-corrected chi connectivity index (χ4v) is 4.60. The highest BCUT2D eigenvalue weighted by Crippen LogP contribution is 2.37. The Morgan fingerprint density at radius 3 is 2.33 bits per heavy atom. The highest BCUT2D eigenvalue weighted by atomic mass is 16.5. The SMILES string of the molecule is CCOC(=O)C(c1ccncc1)c1nccc2nc(-c3ccc(CNC(C)=O)cc3)c(-c3ccccc3)cc12. The fourth-order valence-electron chi connectivity index (χ4n) is 4.60. The Hall–Kier alpha value is -4.91. The van der Waals surface area contributed by atoms with E-state index in [1.54, 1.807) is 25.5 Å². The molecule has 3 aromatic heterocycles. The van der Waals surface area contributed by atoms with Crippen LogP contribution in [0.5, 0.6) is 0 Å². The van der Waals surface area contributed by atoms with Crippen molar-refractivity contribution in [2.75, 3.05) is 6.61 Å². The molecule has 0 spiro atoms. The summed E-state index contributed by atoms with van der Waals surface area (Å²) in [4.78, 5) is 38.4. The number of rotatable bonds is 8. The van der Waals surface area contributed by atoms with Gasteiger partial charge >= 0.3 is 5.97 Å². The zero-order valence-electron chi connectivity index (χ0n) is 21.8. The Morgan fingerprint density at radius 2 is 1.64 bits per heavy atom. The molecule has 1 atom stereocenters. The number of nitrogens with zero attached hydrogens (tertiary/aromatic N) is 3. The first-order chi connectivity index (χ1) is 19.0. The quantitative estimate of drug-likeness (QED) is 0.266. The van der Waals surface area contributed by atoms with Crippen molar-refractivity contribution in [3.05, 3.63) is 114 Å². The molecule has 1 N–H and O–H groups in total. The molecule has 2 aromatic carbocycles. The third-order valence-corrected chi connectivity index (χ3v) is 6.46. The molecule has 5 aromatic rings. The van der Waals surface area contributed by atoms with Gasteiger partial charge in [0.15, 0.2) is 0 Å². The number of amides is 1. The molecule has 7 nitrogen and oxygen atoms in total. The van der Waals surface area contributed by atoms with Crippen molar-refractivity contribution in [3.63, 3.8) is 0 Å². The van der Waals surface area contributed by atoms with Crippen molar-refractivity contribution in [3.8, 4) is 22.4 Å². The zero-order valence-corrected chi connectivity index (χ0v) is 21.8. The molecular formula is C32H28N4O3. The Bertz CT molecular complexity index is 1600. The van der Waals surface area contributed by atoms with Crippen LogP contribution in [0.1, 0.15) is 36.6 Å². The number of fused-ring (bicyclic) bond motifs is 1. The number of pyridine rings is 3. The van der Waals surface area contributed by atoms with E-state index in [9.17, 15) is 9.59 Å². The molecule has 0 aliphatic carbocycles. The van der Waals surface area contributed by atoms with Gasteiger partial charge < -0.3 is 10.1 Å². The predicted octanol–water partition coefficient (Wildman–Crippen LogP) is 5.69. The van der Waals surface area contributed by atoms with Gasteiger partial charge in [0.05, 0.1) is 23.5 Å². The Morgan fingerprint density at radius 1 is 0.897 bits per heavy atom. The lowest BCUT2D eigenvalue weighted by atomic mass is 9.91. The maximum Gasteiger partial charge on any atom is 0.319 e. The van der Waals surface area contributed by atoms with Crippen LogP contribution in [0.15, 0.2) is 97.5 Å². The van der Waals surface area contributed by atoms with Gasteiger partial charge in [-0.1, -0.05) is 54.6 Å². The van der Waals surface area contributed by atoms with Crippen LogP contribution in [0.4, 0.5) is 0 Å². The van der Waals surface area contributed by atoms with E-state index in [2.05, 4.69) is 21.4 Å². The van der Waals surface area contributed by atoms with Gasteiger partial charge in [0, 0.05) is 48.6 Å². The van der Waals surface area contributed by atoms with E-state index < -0.39 is 5.92 Å². The zero-order chi connectivity index (χ0) is 27.2. The highest BCUT2D eigenvalue weighted by Gasteiger charge is 2.28. The van der Waals surface area contributed by atoms with Crippen LogP contribution in [0.3, 0.4) is 0 Å². The van der Waals surface area contributed by atoms with E-state index in [-0.39, 0.29) is 18.5 Å². The third kappa shape index (κ3) is 5.67. The van der Waals surface area contributed by atoms with E-state index in [1.165, 1.54) is 6.92 Å². The van der Waals surface area contributed by atoms with Crippen molar-refractivity contribution in [2.45, 2.75) is 26.3 Å². The Balaban J connectivity index is 1.69. The van der Waals surface area contributed by atoms with Crippen LogP contribution < -0.4 is 5.32 Å². The number of esters is 1. The molecule has 0 aliphatic heterocycles. The van der Waals surface area contributed by atoms with Gasteiger partial charge in [-0.15, -0.1) is 0 Å². The smallest absolute Gasteiger partial charge is 0.319 e. The molecule has 7 heteroatoms. The highest BCUT2D eigenvalue weighted by molar-refractivity contribution is 5.96. The number of carbonyl (C=O) groups is 2. The van der Waals surface area contributed by atoms with Crippen molar-refractivity contribution in [2.24, 2.45) is 0 Å². The van der Waals surface area contributed by atoms with Crippen molar-refractivity contribution in [1.29, 1.82) is 0 Å². The first kappa shape index (κ1) is 25.7. The second kappa shape index (κ2) is 11.6. The maximum absolute atomic E-state index is 13.2. The summed E-state index contributed by atoms with van der Waals surface area (Å²) in [5.74, 6) is -1.16. The van der Waals surface area contributed by atoms with Gasteiger partial charge in [-0.3, -0.25) is 19.6 Å². The maximum atomic E-state index is 13.2. The van der Waals surface area contributed by atoms with E-state index in [0.717, 1.165) is 44.4 Å². The minimum Gasteiger partial charge on any atom is -0.465 e. The van der Waals surface area contributed by atoms with Crippen LogP contribution in [-0.2, 0) is 20.9 Å².